The minimum absolute atomic E-state index is 0.158. The van der Waals surface area contributed by atoms with Gasteiger partial charge in [-0.1, -0.05) is 40.2 Å². The number of ether oxygens (including phenoxy) is 2. The second-order valence-electron chi connectivity index (χ2n) is 7.40. The van der Waals surface area contributed by atoms with Crippen LogP contribution >= 0.6 is 15.9 Å². The highest BCUT2D eigenvalue weighted by Crippen LogP contribution is 2.31. The number of hydrogen-bond donors (Lipinski definition) is 1. The van der Waals surface area contributed by atoms with E-state index in [-0.39, 0.29) is 12.2 Å². The van der Waals surface area contributed by atoms with Crippen molar-refractivity contribution in [2.75, 3.05) is 12.0 Å². The molecule has 0 radical (unpaired) electrons. The van der Waals surface area contributed by atoms with E-state index in [0.29, 0.717) is 28.3 Å². The van der Waals surface area contributed by atoms with Crippen molar-refractivity contribution in [3.05, 3.63) is 93.5 Å². The van der Waals surface area contributed by atoms with Gasteiger partial charge in [-0.15, -0.1) is 0 Å². The SMILES string of the molecule is COc1cc(/C=C2/C(=O)NC(=O)N(c3ccc(Br)cc3)C2=O)ccc1OCc1ccccc1C#N. The molecule has 1 aliphatic heterocycles. The van der Waals surface area contributed by atoms with Crippen LogP contribution in [-0.2, 0) is 16.2 Å². The summed E-state index contributed by atoms with van der Waals surface area (Å²) < 4.78 is 12.0. The Balaban J connectivity index is 1.60. The van der Waals surface area contributed by atoms with Gasteiger partial charge >= 0.3 is 6.03 Å². The van der Waals surface area contributed by atoms with Crippen molar-refractivity contribution >= 4 is 45.5 Å². The van der Waals surface area contributed by atoms with Crippen LogP contribution in [0.4, 0.5) is 10.5 Å². The van der Waals surface area contributed by atoms with Crippen LogP contribution in [0.3, 0.4) is 0 Å². The van der Waals surface area contributed by atoms with Crippen molar-refractivity contribution in [3.63, 3.8) is 0 Å². The van der Waals surface area contributed by atoms with Gasteiger partial charge in [0, 0.05) is 10.0 Å². The summed E-state index contributed by atoms with van der Waals surface area (Å²) >= 11 is 3.31. The maximum absolute atomic E-state index is 13.1. The normalized spacial score (nSPS) is 14.5. The number of barbiturate groups is 1. The van der Waals surface area contributed by atoms with Gasteiger partial charge in [0.25, 0.3) is 11.8 Å². The van der Waals surface area contributed by atoms with Crippen LogP contribution in [0.2, 0.25) is 0 Å². The zero-order valence-corrected chi connectivity index (χ0v) is 20.0. The molecule has 3 aromatic rings. The molecule has 35 heavy (non-hydrogen) atoms. The molecule has 174 valence electrons. The average Bonchev–Trinajstić information content (AvgIpc) is 2.86. The highest BCUT2D eigenvalue weighted by atomic mass is 79.9. The molecule has 4 amide bonds. The molecule has 0 aliphatic carbocycles. The first-order valence-electron chi connectivity index (χ1n) is 10.4. The van der Waals surface area contributed by atoms with Gasteiger partial charge in [0.15, 0.2) is 11.5 Å². The van der Waals surface area contributed by atoms with Gasteiger partial charge in [0.05, 0.1) is 24.4 Å². The molecule has 1 N–H and O–H groups in total. The lowest BCUT2D eigenvalue weighted by molar-refractivity contribution is -0.122. The first kappa shape index (κ1) is 23.7. The second-order valence-corrected chi connectivity index (χ2v) is 8.32. The Kier molecular flexibility index (Phi) is 6.94. The molecule has 1 fully saturated rings. The third-order valence-corrected chi connectivity index (χ3v) is 5.73. The van der Waals surface area contributed by atoms with Crippen molar-refractivity contribution < 1.29 is 23.9 Å². The maximum atomic E-state index is 13.1. The summed E-state index contributed by atoms with van der Waals surface area (Å²) in [6.07, 6.45) is 1.38. The summed E-state index contributed by atoms with van der Waals surface area (Å²) in [7, 11) is 1.47. The summed E-state index contributed by atoms with van der Waals surface area (Å²) in [6.45, 7) is 0.158. The molecule has 0 aromatic heterocycles. The predicted molar refractivity (Wildman–Crippen MR) is 132 cm³/mol. The number of nitrogens with zero attached hydrogens (tertiary/aromatic N) is 2. The van der Waals surface area contributed by atoms with E-state index in [2.05, 4.69) is 27.3 Å². The van der Waals surface area contributed by atoms with E-state index in [0.717, 1.165) is 14.9 Å². The Hall–Kier alpha value is -4.42. The lowest BCUT2D eigenvalue weighted by atomic mass is 10.1. The Morgan fingerprint density at radius 1 is 1.03 bits per heavy atom. The minimum atomic E-state index is -0.821. The van der Waals surface area contributed by atoms with E-state index in [1.165, 1.54) is 13.2 Å². The van der Waals surface area contributed by atoms with Crippen molar-refractivity contribution in [3.8, 4) is 17.6 Å². The first-order valence-corrected chi connectivity index (χ1v) is 11.2. The minimum Gasteiger partial charge on any atom is -0.493 e. The summed E-state index contributed by atoms with van der Waals surface area (Å²) in [5, 5.41) is 11.4. The van der Waals surface area contributed by atoms with Crippen molar-refractivity contribution in [1.82, 2.24) is 5.32 Å². The molecule has 0 unspecified atom stereocenters. The number of nitrogens with one attached hydrogen (secondary N) is 1. The van der Waals surface area contributed by atoms with Crippen LogP contribution in [0.1, 0.15) is 16.7 Å². The monoisotopic (exact) mass is 531 g/mol. The number of carbonyl (C=O) groups is 3. The number of methoxy groups -OCH3 is 1. The molecule has 0 bridgehead atoms. The quantitative estimate of drug-likeness (QED) is 0.368. The Morgan fingerprint density at radius 3 is 2.49 bits per heavy atom. The molecule has 1 heterocycles. The summed E-state index contributed by atoms with van der Waals surface area (Å²) in [6, 6.07) is 19.9. The summed E-state index contributed by atoms with van der Waals surface area (Å²) in [5.74, 6) is -0.735. The lowest BCUT2D eigenvalue weighted by Crippen LogP contribution is -2.54. The van der Waals surface area contributed by atoms with E-state index in [1.807, 2.05) is 6.07 Å². The zero-order valence-electron chi connectivity index (χ0n) is 18.4. The van der Waals surface area contributed by atoms with Crippen LogP contribution in [0, 0.1) is 11.3 Å². The number of hydrogen-bond acceptors (Lipinski definition) is 6. The zero-order chi connectivity index (χ0) is 24.9. The summed E-state index contributed by atoms with van der Waals surface area (Å²) in [4.78, 5) is 38.8. The molecule has 0 saturated carbocycles. The largest absolute Gasteiger partial charge is 0.493 e. The molecule has 1 aliphatic rings. The number of imide groups is 2. The van der Waals surface area contributed by atoms with Crippen molar-refractivity contribution in [2.24, 2.45) is 0 Å². The topological polar surface area (TPSA) is 109 Å². The molecule has 8 nitrogen and oxygen atoms in total. The van der Waals surface area contributed by atoms with Crippen LogP contribution in [0.5, 0.6) is 11.5 Å². The summed E-state index contributed by atoms with van der Waals surface area (Å²) in [5.41, 5.74) is 1.86. The molecule has 9 heteroatoms. The van der Waals surface area contributed by atoms with Crippen LogP contribution in [-0.4, -0.2) is 25.0 Å². The van der Waals surface area contributed by atoms with Crippen molar-refractivity contribution in [2.45, 2.75) is 6.61 Å². The standard InChI is InChI=1S/C26H18BrN3O5/c1-34-23-13-16(6-11-22(23)35-15-18-5-3-2-4-17(18)14-28)12-21-24(31)29-26(33)30(25(21)32)20-9-7-19(27)8-10-20/h2-13H,15H2,1H3,(H,29,31,33)/b21-12-. The Morgan fingerprint density at radius 2 is 1.77 bits per heavy atom. The Bertz CT molecular complexity index is 1390. The fraction of sp³-hybridized carbons (Fsp3) is 0.0769. The molecule has 0 spiro atoms. The van der Waals surface area contributed by atoms with Crippen LogP contribution in [0.25, 0.3) is 6.08 Å². The van der Waals surface area contributed by atoms with Crippen molar-refractivity contribution in [1.29, 1.82) is 5.26 Å². The molecular formula is C26H18BrN3O5. The van der Waals surface area contributed by atoms with Gasteiger partial charge in [-0.05, 0) is 54.1 Å². The number of anilines is 1. The highest BCUT2D eigenvalue weighted by molar-refractivity contribution is 9.10. The number of carbonyl (C=O) groups excluding carboxylic acids is 3. The molecular weight excluding hydrogens is 514 g/mol. The second kappa shape index (κ2) is 10.2. The fourth-order valence-corrected chi connectivity index (χ4v) is 3.72. The number of rotatable bonds is 6. The molecule has 1 saturated heterocycles. The van der Waals surface area contributed by atoms with Gasteiger partial charge in [-0.3, -0.25) is 14.9 Å². The molecule has 0 atom stereocenters. The van der Waals surface area contributed by atoms with E-state index in [4.69, 9.17) is 9.47 Å². The van der Waals surface area contributed by atoms with E-state index in [9.17, 15) is 19.6 Å². The average molecular weight is 532 g/mol. The highest BCUT2D eigenvalue weighted by Gasteiger charge is 2.36. The van der Waals surface area contributed by atoms with Crippen LogP contribution < -0.4 is 19.7 Å². The van der Waals surface area contributed by atoms with E-state index >= 15 is 0 Å². The van der Waals surface area contributed by atoms with Gasteiger partial charge in [-0.25, -0.2) is 9.69 Å². The van der Waals surface area contributed by atoms with E-state index < -0.39 is 17.8 Å². The number of amides is 4. The third kappa shape index (κ3) is 5.08. The maximum Gasteiger partial charge on any atom is 0.335 e. The number of urea groups is 1. The first-order chi connectivity index (χ1) is 16.9. The predicted octanol–water partition coefficient (Wildman–Crippen LogP) is 4.57. The van der Waals surface area contributed by atoms with E-state index in [1.54, 1.807) is 60.7 Å². The lowest BCUT2D eigenvalue weighted by Gasteiger charge is -2.26. The number of halogens is 1. The van der Waals surface area contributed by atoms with Gasteiger partial charge in [0.1, 0.15) is 12.2 Å². The number of nitriles is 1. The molecule has 3 aromatic carbocycles. The third-order valence-electron chi connectivity index (χ3n) is 5.21. The number of benzene rings is 3. The smallest absolute Gasteiger partial charge is 0.335 e. The van der Waals surface area contributed by atoms with Crippen LogP contribution in [0.15, 0.2) is 76.8 Å². The van der Waals surface area contributed by atoms with Gasteiger partial charge < -0.3 is 9.47 Å². The Labute approximate surface area is 209 Å². The molecule has 4 rings (SSSR count). The fourth-order valence-electron chi connectivity index (χ4n) is 3.45. The van der Waals surface area contributed by atoms with Gasteiger partial charge in [-0.2, -0.15) is 5.26 Å². The van der Waals surface area contributed by atoms with Gasteiger partial charge in [0.2, 0.25) is 0 Å².